The van der Waals surface area contributed by atoms with Gasteiger partial charge in [0.2, 0.25) is 0 Å². The Labute approximate surface area is 158 Å². The van der Waals surface area contributed by atoms with Crippen LogP contribution in [0.25, 0.3) is 0 Å². The molecule has 1 N–H and O–H groups in total. The van der Waals surface area contributed by atoms with Crippen LogP contribution in [-0.2, 0) is 15.3 Å². The number of carbonyl (C=O) groups excluding carboxylic acids is 1. The van der Waals surface area contributed by atoms with Crippen LogP contribution < -0.4 is 5.32 Å². The molecule has 146 valence electrons. The Morgan fingerprint density at radius 2 is 1.93 bits per heavy atom. The van der Waals surface area contributed by atoms with Crippen molar-refractivity contribution in [3.8, 4) is 0 Å². The Hall–Kier alpha value is -2.13. The molecule has 0 aliphatic heterocycles. The zero-order valence-corrected chi connectivity index (χ0v) is 15.2. The van der Waals surface area contributed by atoms with Crippen molar-refractivity contribution in [3.05, 3.63) is 65.7 Å². The molecule has 1 unspecified atom stereocenters. The van der Waals surface area contributed by atoms with E-state index in [2.05, 4.69) is 15.0 Å². The summed E-state index contributed by atoms with van der Waals surface area (Å²) >= 11 is 1.26. The summed E-state index contributed by atoms with van der Waals surface area (Å²) in [6, 6.07) is 5.97. The molecule has 0 saturated heterocycles. The molecule has 4 nitrogen and oxygen atoms in total. The first kappa shape index (κ1) is 21.2. The number of esters is 1. The van der Waals surface area contributed by atoms with Gasteiger partial charge in [0.25, 0.3) is 0 Å². The summed E-state index contributed by atoms with van der Waals surface area (Å²) in [6.45, 7) is 0. The lowest BCUT2D eigenvalue weighted by molar-refractivity contribution is -0.163. The summed E-state index contributed by atoms with van der Waals surface area (Å²) < 4.78 is 58.1. The molecule has 0 aliphatic carbocycles. The van der Waals surface area contributed by atoms with Gasteiger partial charge in [-0.05, 0) is 29.8 Å². The van der Waals surface area contributed by atoms with Crippen LogP contribution in [0, 0.1) is 5.82 Å². The average Bonchev–Trinajstić information content (AvgIpc) is 2.64. The van der Waals surface area contributed by atoms with E-state index in [9.17, 15) is 22.4 Å². The van der Waals surface area contributed by atoms with E-state index in [1.807, 2.05) is 0 Å². The lowest BCUT2D eigenvalue weighted by Gasteiger charge is -2.26. The van der Waals surface area contributed by atoms with Crippen molar-refractivity contribution in [1.82, 2.24) is 10.3 Å². The number of nitrogens with zero attached hydrogens (tertiary/aromatic N) is 1. The highest BCUT2D eigenvalue weighted by atomic mass is 32.2. The third-order valence-electron chi connectivity index (χ3n) is 3.64. The molecular weight excluding hydrogens is 384 g/mol. The molecule has 1 aromatic heterocycles. The predicted molar refractivity (Wildman–Crippen MR) is 94.5 cm³/mol. The molecule has 2 rings (SSSR count). The van der Waals surface area contributed by atoms with E-state index in [0.717, 1.165) is 37.1 Å². The van der Waals surface area contributed by atoms with E-state index in [4.69, 9.17) is 0 Å². The number of halogens is 4. The highest BCUT2D eigenvalue weighted by molar-refractivity contribution is 7.98. The molecule has 0 aliphatic rings. The highest BCUT2D eigenvalue weighted by Gasteiger charge is 2.43. The molecule has 0 bridgehead atoms. The summed E-state index contributed by atoms with van der Waals surface area (Å²) in [5, 5.41) is 2.30. The quantitative estimate of drug-likeness (QED) is 0.536. The number of methoxy groups -OCH3 is 1. The fraction of sp³-hybridized carbons (Fsp3) is 0.333. The van der Waals surface area contributed by atoms with Crippen LogP contribution in [0.3, 0.4) is 0 Å². The Balaban J connectivity index is 2.11. The Morgan fingerprint density at radius 3 is 2.48 bits per heavy atom. The maximum Gasteiger partial charge on any atom is 0.407 e. The molecule has 2 aromatic rings. The van der Waals surface area contributed by atoms with Crippen molar-refractivity contribution in [2.45, 2.75) is 24.0 Å². The second-order valence-electron chi connectivity index (χ2n) is 5.60. The average molecular weight is 402 g/mol. The van der Waals surface area contributed by atoms with Gasteiger partial charge in [0, 0.05) is 17.7 Å². The van der Waals surface area contributed by atoms with Crippen LogP contribution in [0.1, 0.15) is 17.3 Å². The minimum Gasteiger partial charge on any atom is -0.468 e. The smallest absolute Gasteiger partial charge is 0.407 e. The number of pyridine rings is 1. The van der Waals surface area contributed by atoms with Gasteiger partial charge in [-0.1, -0.05) is 18.2 Å². The van der Waals surface area contributed by atoms with E-state index in [1.165, 1.54) is 11.8 Å². The van der Waals surface area contributed by atoms with E-state index in [-0.39, 0.29) is 11.3 Å². The van der Waals surface area contributed by atoms with Crippen LogP contribution in [0.5, 0.6) is 0 Å². The first-order chi connectivity index (χ1) is 12.8. The van der Waals surface area contributed by atoms with E-state index in [0.29, 0.717) is 5.75 Å². The molecule has 0 saturated carbocycles. The largest absolute Gasteiger partial charge is 0.468 e. The molecule has 0 radical (unpaired) electrons. The van der Waals surface area contributed by atoms with Crippen molar-refractivity contribution < 1.29 is 27.1 Å². The number of benzene rings is 1. The SMILES string of the molecule is COC(=O)[C@H](CSCc1ccccn1)NC(c1ccc(F)cc1)C(F)(F)F. The number of nitrogens with one attached hydrogen (secondary N) is 1. The number of aromatic nitrogens is 1. The molecule has 1 aromatic carbocycles. The molecule has 2 atom stereocenters. The van der Waals surface area contributed by atoms with Crippen molar-refractivity contribution in [1.29, 1.82) is 0 Å². The van der Waals surface area contributed by atoms with Gasteiger partial charge >= 0.3 is 12.1 Å². The lowest BCUT2D eigenvalue weighted by Crippen LogP contribution is -2.46. The molecule has 27 heavy (non-hydrogen) atoms. The van der Waals surface area contributed by atoms with Gasteiger partial charge in [0.15, 0.2) is 0 Å². The number of hydrogen-bond acceptors (Lipinski definition) is 5. The lowest BCUT2D eigenvalue weighted by atomic mass is 10.1. The molecule has 0 spiro atoms. The third kappa shape index (κ3) is 6.51. The van der Waals surface area contributed by atoms with Crippen LogP contribution in [-0.4, -0.2) is 36.0 Å². The van der Waals surface area contributed by atoms with Gasteiger partial charge < -0.3 is 4.74 Å². The van der Waals surface area contributed by atoms with E-state index >= 15 is 0 Å². The molecule has 1 heterocycles. The van der Waals surface area contributed by atoms with Crippen LogP contribution in [0.4, 0.5) is 17.6 Å². The third-order valence-corrected chi connectivity index (χ3v) is 4.71. The number of thioether (sulfide) groups is 1. The van der Waals surface area contributed by atoms with Gasteiger partial charge in [-0.25, -0.2) is 4.39 Å². The minimum atomic E-state index is -4.67. The zero-order valence-electron chi connectivity index (χ0n) is 14.4. The first-order valence-electron chi connectivity index (χ1n) is 7.95. The van der Waals surface area contributed by atoms with Gasteiger partial charge in [-0.2, -0.15) is 24.9 Å². The topological polar surface area (TPSA) is 51.2 Å². The summed E-state index contributed by atoms with van der Waals surface area (Å²) in [4.78, 5) is 16.1. The molecule has 9 heteroatoms. The summed E-state index contributed by atoms with van der Waals surface area (Å²) in [6.07, 6.45) is -3.06. The predicted octanol–water partition coefficient (Wildman–Crippen LogP) is 3.89. The standard InChI is InChI=1S/C18H18F4N2O2S/c1-26-17(25)15(11-27-10-14-4-2-3-9-23-14)24-16(18(20,21)22)12-5-7-13(19)8-6-12/h2-9,15-16,24H,10-11H2,1H3/t15-,16?/m0/s1. The van der Waals surface area contributed by atoms with Gasteiger partial charge in [0.05, 0.1) is 12.8 Å². The van der Waals surface area contributed by atoms with Crippen molar-refractivity contribution in [3.63, 3.8) is 0 Å². The fourth-order valence-corrected chi connectivity index (χ4v) is 3.29. The van der Waals surface area contributed by atoms with E-state index < -0.39 is 30.0 Å². The monoisotopic (exact) mass is 402 g/mol. The minimum absolute atomic E-state index is 0.0526. The zero-order chi connectivity index (χ0) is 19.9. The summed E-state index contributed by atoms with van der Waals surface area (Å²) in [7, 11) is 1.11. The fourth-order valence-electron chi connectivity index (χ4n) is 2.33. The Kier molecular flexibility index (Phi) is 7.61. The maximum atomic E-state index is 13.5. The Morgan fingerprint density at radius 1 is 1.22 bits per heavy atom. The van der Waals surface area contributed by atoms with Gasteiger partial charge in [-0.3, -0.25) is 15.1 Å². The second-order valence-corrected chi connectivity index (χ2v) is 6.64. The molecule has 0 amide bonds. The van der Waals surface area contributed by atoms with Crippen LogP contribution in [0.15, 0.2) is 48.7 Å². The van der Waals surface area contributed by atoms with Crippen LogP contribution in [0.2, 0.25) is 0 Å². The number of alkyl halides is 3. The molecular formula is C18H18F4N2O2S. The maximum absolute atomic E-state index is 13.5. The number of hydrogen-bond donors (Lipinski definition) is 1. The van der Waals surface area contributed by atoms with Gasteiger partial charge in [-0.15, -0.1) is 0 Å². The summed E-state index contributed by atoms with van der Waals surface area (Å²) in [5.74, 6) is -0.963. The van der Waals surface area contributed by atoms with Gasteiger partial charge in [0.1, 0.15) is 17.9 Å². The normalized spacial score (nSPS) is 13.8. The number of carbonyl (C=O) groups is 1. The van der Waals surface area contributed by atoms with Crippen molar-refractivity contribution >= 4 is 17.7 Å². The van der Waals surface area contributed by atoms with Crippen molar-refractivity contribution in [2.24, 2.45) is 0 Å². The number of ether oxygens (including phenoxy) is 1. The molecule has 0 fully saturated rings. The second kappa shape index (κ2) is 9.70. The highest BCUT2D eigenvalue weighted by Crippen LogP contribution is 2.33. The number of rotatable bonds is 8. The Bertz CT molecular complexity index is 726. The first-order valence-corrected chi connectivity index (χ1v) is 9.10. The van der Waals surface area contributed by atoms with Crippen molar-refractivity contribution in [2.75, 3.05) is 12.9 Å². The van der Waals surface area contributed by atoms with E-state index in [1.54, 1.807) is 24.4 Å². The summed E-state index contributed by atoms with van der Waals surface area (Å²) in [5.41, 5.74) is 0.560. The van der Waals surface area contributed by atoms with Crippen LogP contribution >= 0.6 is 11.8 Å².